The van der Waals surface area contributed by atoms with E-state index in [9.17, 15) is 4.79 Å². The molecule has 1 aliphatic heterocycles. The Bertz CT molecular complexity index is 522. The van der Waals surface area contributed by atoms with Gasteiger partial charge in [-0.3, -0.25) is 9.69 Å². The number of piperazine rings is 1. The Kier molecular flexibility index (Phi) is 4.11. The number of nitrogens with zero attached hydrogens (tertiary/aromatic N) is 2. The molecule has 1 saturated heterocycles. The Labute approximate surface area is 124 Å². The molecule has 2 atom stereocenters. The molecule has 1 amide bonds. The average molecular weight is 297 g/mol. The Morgan fingerprint density at radius 3 is 2.35 bits per heavy atom. The van der Waals surface area contributed by atoms with Crippen molar-refractivity contribution in [1.82, 2.24) is 4.90 Å². The van der Waals surface area contributed by atoms with Crippen LogP contribution in [-0.4, -0.2) is 43.0 Å². The molecule has 1 aliphatic rings. The van der Waals surface area contributed by atoms with E-state index in [1.807, 2.05) is 0 Å². The molecule has 1 aromatic rings. The molecule has 5 nitrogen and oxygen atoms in total. The lowest BCUT2D eigenvalue weighted by Crippen LogP contribution is -2.55. The summed E-state index contributed by atoms with van der Waals surface area (Å²) in [6, 6.07) is 4.00. The highest BCUT2D eigenvalue weighted by Gasteiger charge is 2.29. The predicted molar refractivity (Wildman–Crippen MR) is 83.3 cm³/mol. The van der Waals surface area contributed by atoms with Gasteiger partial charge in [0, 0.05) is 30.9 Å². The van der Waals surface area contributed by atoms with E-state index < -0.39 is 5.91 Å². The maximum atomic E-state index is 11.7. The summed E-state index contributed by atoms with van der Waals surface area (Å²) >= 11 is 6.30. The number of hydrogen-bond acceptors (Lipinski definition) is 4. The smallest absolute Gasteiger partial charge is 0.250 e. The van der Waals surface area contributed by atoms with Crippen molar-refractivity contribution < 1.29 is 4.79 Å². The van der Waals surface area contributed by atoms with E-state index in [4.69, 9.17) is 23.1 Å². The molecule has 0 radical (unpaired) electrons. The van der Waals surface area contributed by atoms with Crippen LogP contribution in [0.3, 0.4) is 0 Å². The topological polar surface area (TPSA) is 75.6 Å². The van der Waals surface area contributed by atoms with Crippen molar-refractivity contribution >= 4 is 28.9 Å². The summed E-state index contributed by atoms with van der Waals surface area (Å²) in [5.74, 6) is -0.506. The van der Waals surface area contributed by atoms with Gasteiger partial charge in [-0.15, -0.1) is 0 Å². The first-order valence-corrected chi connectivity index (χ1v) is 7.04. The van der Waals surface area contributed by atoms with E-state index in [0.717, 1.165) is 13.1 Å². The lowest BCUT2D eigenvalue weighted by molar-refractivity contribution is 0.1000. The van der Waals surface area contributed by atoms with Crippen LogP contribution >= 0.6 is 11.6 Å². The van der Waals surface area contributed by atoms with Crippen molar-refractivity contribution in [3.63, 3.8) is 0 Å². The molecule has 2 rings (SSSR count). The monoisotopic (exact) mass is 296 g/mol. The number of nitrogens with two attached hydrogens (primary N) is 2. The van der Waals surface area contributed by atoms with Crippen LogP contribution in [0.15, 0.2) is 12.1 Å². The molecular weight excluding hydrogens is 276 g/mol. The third kappa shape index (κ3) is 2.69. The van der Waals surface area contributed by atoms with Gasteiger partial charge in [-0.05, 0) is 33.0 Å². The van der Waals surface area contributed by atoms with Crippen LogP contribution in [0, 0.1) is 0 Å². The molecule has 0 aromatic heterocycles. The lowest BCUT2D eigenvalue weighted by Gasteiger charge is -2.44. The number of rotatable bonds is 2. The number of likely N-dealkylation sites (N-methyl/N-ethyl adjacent to an activating group) is 1. The summed E-state index contributed by atoms with van der Waals surface area (Å²) < 4.78 is 0. The summed E-state index contributed by atoms with van der Waals surface area (Å²) in [4.78, 5) is 16.1. The zero-order valence-corrected chi connectivity index (χ0v) is 12.8. The Hall–Kier alpha value is -1.46. The largest absolute Gasteiger partial charge is 0.399 e. The van der Waals surface area contributed by atoms with E-state index in [1.54, 1.807) is 12.1 Å². The minimum absolute atomic E-state index is 0.369. The Balaban J connectivity index is 2.44. The highest BCUT2D eigenvalue weighted by molar-refractivity contribution is 6.34. The molecule has 1 fully saturated rings. The molecule has 2 unspecified atom stereocenters. The third-order valence-electron chi connectivity index (χ3n) is 4.03. The molecule has 0 aliphatic carbocycles. The van der Waals surface area contributed by atoms with Crippen LogP contribution < -0.4 is 16.4 Å². The molecule has 0 saturated carbocycles. The standard InChI is InChI=1S/C14H21ClN4O/c1-8-6-19(7-9(2)18(8)3)13-11(14(17)20)4-10(16)5-12(13)15/h4-5,8-9H,6-7,16H2,1-3H3,(H2,17,20). The number of nitrogen functional groups attached to an aromatic ring is 1. The number of anilines is 2. The fourth-order valence-electron chi connectivity index (χ4n) is 2.72. The maximum Gasteiger partial charge on any atom is 0.250 e. The first kappa shape index (κ1) is 14.9. The number of primary amides is 1. The molecule has 0 bridgehead atoms. The molecular formula is C14H21ClN4O. The van der Waals surface area contributed by atoms with Crippen molar-refractivity contribution in [3.8, 4) is 0 Å². The van der Waals surface area contributed by atoms with Crippen LogP contribution in [0.4, 0.5) is 11.4 Å². The minimum atomic E-state index is -0.506. The summed E-state index contributed by atoms with van der Waals surface area (Å²) in [7, 11) is 2.10. The van der Waals surface area contributed by atoms with Crippen molar-refractivity contribution in [1.29, 1.82) is 0 Å². The average Bonchev–Trinajstić information content (AvgIpc) is 2.34. The van der Waals surface area contributed by atoms with E-state index in [2.05, 4.69) is 30.7 Å². The molecule has 1 heterocycles. The molecule has 20 heavy (non-hydrogen) atoms. The van der Waals surface area contributed by atoms with Gasteiger partial charge in [0.15, 0.2) is 0 Å². The maximum absolute atomic E-state index is 11.7. The summed E-state index contributed by atoms with van der Waals surface area (Å²) in [6.45, 7) is 5.89. The third-order valence-corrected chi connectivity index (χ3v) is 4.32. The quantitative estimate of drug-likeness (QED) is 0.812. The zero-order chi connectivity index (χ0) is 15.0. The van der Waals surface area contributed by atoms with Gasteiger partial charge < -0.3 is 16.4 Å². The van der Waals surface area contributed by atoms with Gasteiger partial charge in [-0.25, -0.2) is 0 Å². The van der Waals surface area contributed by atoms with Crippen LogP contribution in [-0.2, 0) is 0 Å². The number of halogens is 1. The first-order valence-electron chi connectivity index (χ1n) is 6.67. The number of carbonyl (C=O) groups is 1. The van der Waals surface area contributed by atoms with E-state index in [-0.39, 0.29) is 0 Å². The van der Waals surface area contributed by atoms with Crippen molar-refractivity contribution in [3.05, 3.63) is 22.7 Å². The number of benzene rings is 1. The van der Waals surface area contributed by atoms with Gasteiger partial charge >= 0.3 is 0 Å². The normalized spacial score (nSPS) is 23.9. The first-order chi connectivity index (χ1) is 9.31. The second kappa shape index (κ2) is 5.50. The van der Waals surface area contributed by atoms with Gasteiger partial charge in [0.25, 0.3) is 5.91 Å². The van der Waals surface area contributed by atoms with Gasteiger partial charge in [-0.1, -0.05) is 11.6 Å². The Morgan fingerprint density at radius 1 is 1.30 bits per heavy atom. The van der Waals surface area contributed by atoms with Crippen LogP contribution in [0.2, 0.25) is 5.02 Å². The van der Waals surface area contributed by atoms with E-state index >= 15 is 0 Å². The second-order valence-corrected chi connectivity index (χ2v) is 5.94. The second-order valence-electron chi connectivity index (χ2n) is 5.53. The number of amides is 1. The zero-order valence-electron chi connectivity index (χ0n) is 12.1. The van der Waals surface area contributed by atoms with Gasteiger partial charge in [-0.2, -0.15) is 0 Å². The van der Waals surface area contributed by atoms with E-state index in [0.29, 0.717) is 34.0 Å². The van der Waals surface area contributed by atoms with Gasteiger partial charge in [0.05, 0.1) is 16.3 Å². The number of hydrogen-bond donors (Lipinski definition) is 2. The van der Waals surface area contributed by atoms with Crippen molar-refractivity contribution in [2.24, 2.45) is 5.73 Å². The van der Waals surface area contributed by atoms with Gasteiger partial charge in [0.1, 0.15) is 0 Å². The fraction of sp³-hybridized carbons (Fsp3) is 0.500. The van der Waals surface area contributed by atoms with Crippen LogP contribution in [0.5, 0.6) is 0 Å². The summed E-state index contributed by atoms with van der Waals surface area (Å²) in [5.41, 5.74) is 12.7. The molecule has 110 valence electrons. The summed E-state index contributed by atoms with van der Waals surface area (Å²) in [6.07, 6.45) is 0. The van der Waals surface area contributed by atoms with Crippen molar-refractivity contribution in [2.75, 3.05) is 30.8 Å². The molecule has 6 heteroatoms. The summed E-state index contributed by atoms with van der Waals surface area (Å²) in [5, 5.41) is 0.475. The SMILES string of the molecule is CC1CN(c2c(Cl)cc(N)cc2C(N)=O)CC(C)N1C. The fourth-order valence-corrected chi connectivity index (χ4v) is 3.06. The molecule has 0 spiro atoms. The minimum Gasteiger partial charge on any atom is -0.399 e. The highest BCUT2D eigenvalue weighted by Crippen LogP contribution is 2.34. The predicted octanol–water partition coefficient (Wildman–Crippen LogP) is 1.55. The highest BCUT2D eigenvalue weighted by atomic mass is 35.5. The molecule has 4 N–H and O–H groups in total. The van der Waals surface area contributed by atoms with Gasteiger partial charge in [0.2, 0.25) is 0 Å². The molecule has 1 aromatic carbocycles. The van der Waals surface area contributed by atoms with Crippen LogP contribution in [0.25, 0.3) is 0 Å². The lowest BCUT2D eigenvalue weighted by atomic mass is 10.0. The van der Waals surface area contributed by atoms with Crippen LogP contribution in [0.1, 0.15) is 24.2 Å². The Morgan fingerprint density at radius 2 is 1.85 bits per heavy atom. The van der Waals surface area contributed by atoms with E-state index in [1.165, 1.54) is 0 Å². The van der Waals surface area contributed by atoms with Crippen molar-refractivity contribution in [2.45, 2.75) is 25.9 Å². The number of carbonyl (C=O) groups excluding carboxylic acids is 1.